The van der Waals surface area contributed by atoms with Crippen LogP contribution in [0.25, 0.3) is 6.08 Å². The summed E-state index contributed by atoms with van der Waals surface area (Å²) in [6.45, 7) is 8.35. The molecule has 2 aromatic rings. The molecule has 1 atom stereocenters. The van der Waals surface area contributed by atoms with Gasteiger partial charge < -0.3 is 4.90 Å². The fraction of sp³-hybridized carbons (Fsp3) is 0.407. The number of unbranched alkanes of at least 4 members (excludes halogenated alkanes) is 2. The Balaban J connectivity index is 1.97. The normalized spacial score (nSPS) is 15.8. The summed E-state index contributed by atoms with van der Waals surface area (Å²) in [6.07, 6.45) is 5.37. The lowest BCUT2D eigenvalue weighted by molar-refractivity contribution is -0.289. The summed E-state index contributed by atoms with van der Waals surface area (Å²) >= 11 is 0. The zero-order chi connectivity index (χ0) is 23.6. The molecule has 0 saturated carbocycles. The molecule has 6 heteroatoms. The van der Waals surface area contributed by atoms with Crippen molar-refractivity contribution in [2.75, 3.05) is 30.1 Å². The molecule has 1 unspecified atom stereocenters. The van der Waals surface area contributed by atoms with Gasteiger partial charge in [-0.15, -0.1) is 0 Å². The Morgan fingerprint density at radius 2 is 1.70 bits per heavy atom. The largest absolute Gasteiger partial charge is 0.372 e. The Kier molecular flexibility index (Phi) is 9.22. The maximum absolute atomic E-state index is 13.5. The number of nitrogens with zero attached hydrogens (tertiary/aromatic N) is 3. The molecule has 0 saturated heterocycles. The van der Waals surface area contributed by atoms with Crippen molar-refractivity contribution >= 4 is 29.1 Å². The third-order valence-electron chi connectivity index (χ3n) is 5.83. The molecule has 1 amide bonds. The van der Waals surface area contributed by atoms with Gasteiger partial charge in [-0.2, -0.15) is 10.1 Å². The van der Waals surface area contributed by atoms with Gasteiger partial charge >= 0.3 is 0 Å². The van der Waals surface area contributed by atoms with E-state index in [1.54, 1.807) is 0 Å². The van der Waals surface area contributed by atoms with Gasteiger partial charge in [0.05, 0.1) is 18.4 Å². The van der Waals surface area contributed by atoms with Crippen molar-refractivity contribution in [3.8, 4) is 0 Å². The molecular weight excluding hydrogens is 414 g/mol. The second-order valence-corrected chi connectivity index (χ2v) is 8.01. The minimum atomic E-state index is -0.416. The predicted octanol–water partition coefficient (Wildman–Crippen LogP) is 5.85. The van der Waals surface area contributed by atoms with E-state index in [2.05, 4.69) is 37.8 Å². The van der Waals surface area contributed by atoms with Gasteiger partial charge in [0.15, 0.2) is 0 Å². The summed E-state index contributed by atoms with van der Waals surface area (Å²) in [5, 5.41) is 6.16. The van der Waals surface area contributed by atoms with Gasteiger partial charge in [0.25, 0.3) is 5.91 Å². The van der Waals surface area contributed by atoms with Crippen LogP contribution < -0.4 is 9.91 Å². The molecule has 0 fully saturated rings. The van der Waals surface area contributed by atoms with Gasteiger partial charge in [-0.05, 0) is 56.2 Å². The highest BCUT2D eigenvalue weighted by Crippen LogP contribution is 2.29. The lowest BCUT2D eigenvalue weighted by Crippen LogP contribution is -2.26. The van der Waals surface area contributed by atoms with Crippen LogP contribution in [0.3, 0.4) is 0 Å². The molecule has 3 rings (SSSR count). The van der Waals surface area contributed by atoms with E-state index in [0.717, 1.165) is 50.0 Å². The Bertz CT molecular complexity index is 950. The Morgan fingerprint density at radius 1 is 1.00 bits per heavy atom. The monoisotopic (exact) mass is 449 g/mol. The maximum atomic E-state index is 13.5. The first-order chi connectivity index (χ1) is 16.1. The second kappa shape index (κ2) is 12.3. The number of carbonyl (C=O) groups excluding carboxylic acids is 1. The Labute approximate surface area is 197 Å². The van der Waals surface area contributed by atoms with Gasteiger partial charge in [-0.25, -0.2) is 9.78 Å². The molecular formula is C27H35N3O3. The number of rotatable bonds is 12. The molecule has 1 heterocycles. The van der Waals surface area contributed by atoms with Crippen LogP contribution in [-0.2, 0) is 14.6 Å². The number of hydrogen-bond donors (Lipinski definition) is 0. The lowest BCUT2D eigenvalue weighted by atomic mass is 9.98. The van der Waals surface area contributed by atoms with Crippen molar-refractivity contribution in [2.45, 2.75) is 52.6 Å². The van der Waals surface area contributed by atoms with Gasteiger partial charge in [0.2, 0.25) is 0 Å². The molecule has 1 aliphatic rings. The average molecular weight is 450 g/mol. The molecule has 0 aliphatic carbocycles. The van der Waals surface area contributed by atoms with Gasteiger partial charge in [-0.1, -0.05) is 56.5 Å². The standard InChI is InChI=1S/C27H35N3O3/c1-5-8-10-15-25(33-32-4)26-24(27(31)30(28-26)23-13-11-9-12-14-23)20-21-16-18-22(19-17-21)29(6-2)7-3/h9,11-14,16-20,25H,5-8,10,15H2,1-4H3/b24-20-. The van der Waals surface area contributed by atoms with E-state index in [-0.39, 0.29) is 5.91 Å². The van der Waals surface area contributed by atoms with Crippen molar-refractivity contribution in [3.63, 3.8) is 0 Å². The Hall–Kier alpha value is -2.96. The summed E-state index contributed by atoms with van der Waals surface area (Å²) < 4.78 is 0. The van der Waals surface area contributed by atoms with Crippen LogP contribution in [0, 0.1) is 0 Å². The van der Waals surface area contributed by atoms with E-state index in [1.165, 1.54) is 17.8 Å². The first-order valence-corrected chi connectivity index (χ1v) is 11.9. The summed E-state index contributed by atoms with van der Waals surface area (Å²) in [5.74, 6) is -0.163. The fourth-order valence-electron chi connectivity index (χ4n) is 4.01. The van der Waals surface area contributed by atoms with Crippen molar-refractivity contribution in [1.82, 2.24) is 0 Å². The highest BCUT2D eigenvalue weighted by atomic mass is 17.2. The van der Waals surface area contributed by atoms with E-state index in [9.17, 15) is 4.79 Å². The van der Waals surface area contributed by atoms with E-state index in [0.29, 0.717) is 11.3 Å². The molecule has 176 valence electrons. The molecule has 0 radical (unpaired) electrons. The highest BCUT2D eigenvalue weighted by molar-refractivity contribution is 6.34. The molecule has 6 nitrogen and oxygen atoms in total. The van der Waals surface area contributed by atoms with Gasteiger partial charge in [0, 0.05) is 18.8 Å². The molecule has 1 aliphatic heterocycles. The maximum Gasteiger partial charge on any atom is 0.280 e. The van der Waals surface area contributed by atoms with Crippen LogP contribution >= 0.6 is 0 Å². The minimum Gasteiger partial charge on any atom is -0.372 e. The number of carbonyl (C=O) groups is 1. The zero-order valence-corrected chi connectivity index (χ0v) is 20.2. The first-order valence-electron chi connectivity index (χ1n) is 11.9. The third-order valence-corrected chi connectivity index (χ3v) is 5.83. The smallest absolute Gasteiger partial charge is 0.280 e. The van der Waals surface area contributed by atoms with Gasteiger partial charge in [0.1, 0.15) is 11.8 Å². The number of amides is 1. The van der Waals surface area contributed by atoms with Crippen molar-refractivity contribution < 1.29 is 14.6 Å². The van der Waals surface area contributed by atoms with Crippen LogP contribution in [0.15, 0.2) is 65.3 Å². The highest BCUT2D eigenvalue weighted by Gasteiger charge is 2.36. The minimum absolute atomic E-state index is 0.163. The lowest BCUT2D eigenvalue weighted by Gasteiger charge is -2.21. The number of anilines is 2. The molecule has 0 aromatic heterocycles. The van der Waals surface area contributed by atoms with E-state index in [1.807, 2.05) is 48.5 Å². The van der Waals surface area contributed by atoms with Crippen molar-refractivity contribution in [2.24, 2.45) is 5.10 Å². The molecule has 2 aromatic carbocycles. The quantitative estimate of drug-likeness (QED) is 0.177. The molecule has 0 spiro atoms. The van der Waals surface area contributed by atoms with Crippen LogP contribution in [-0.4, -0.2) is 37.9 Å². The summed E-state index contributed by atoms with van der Waals surface area (Å²) in [5.41, 5.74) is 3.98. The predicted molar refractivity (Wildman–Crippen MR) is 135 cm³/mol. The van der Waals surface area contributed by atoms with Crippen molar-refractivity contribution in [1.29, 1.82) is 0 Å². The molecule has 33 heavy (non-hydrogen) atoms. The van der Waals surface area contributed by atoms with Crippen molar-refractivity contribution in [3.05, 3.63) is 65.7 Å². The second-order valence-electron chi connectivity index (χ2n) is 8.01. The van der Waals surface area contributed by atoms with E-state index in [4.69, 9.17) is 14.9 Å². The molecule has 0 N–H and O–H groups in total. The molecule has 0 bridgehead atoms. The SMILES string of the molecule is CCCCCC(OOC)C1=NN(c2ccccc2)C(=O)/C1=C\c1ccc(N(CC)CC)cc1. The zero-order valence-electron chi connectivity index (χ0n) is 20.2. The fourth-order valence-corrected chi connectivity index (χ4v) is 4.01. The Morgan fingerprint density at radius 3 is 2.30 bits per heavy atom. The topological polar surface area (TPSA) is 54.4 Å². The number of hydrazone groups is 1. The first kappa shape index (κ1) is 24.7. The van der Waals surface area contributed by atoms with Crippen LogP contribution in [0.5, 0.6) is 0 Å². The van der Waals surface area contributed by atoms with E-state index >= 15 is 0 Å². The third kappa shape index (κ3) is 6.09. The van der Waals surface area contributed by atoms with Crippen LogP contribution in [0.4, 0.5) is 11.4 Å². The number of para-hydroxylation sites is 1. The van der Waals surface area contributed by atoms with E-state index < -0.39 is 6.10 Å². The van der Waals surface area contributed by atoms with Crippen LogP contribution in [0.1, 0.15) is 52.0 Å². The number of benzene rings is 2. The average Bonchev–Trinajstić information content (AvgIpc) is 3.17. The summed E-state index contributed by atoms with van der Waals surface area (Å²) in [6, 6.07) is 17.7. The summed E-state index contributed by atoms with van der Waals surface area (Å²) in [7, 11) is 1.49. The van der Waals surface area contributed by atoms with Crippen LogP contribution in [0.2, 0.25) is 0 Å². The number of hydrogen-bond acceptors (Lipinski definition) is 5. The summed E-state index contributed by atoms with van der Waals surface area (Å²) in [4.78, 5) is 26.4. The van der Waals surface area contributed by atoms with Gasteiger partial charge in [-0.3, -0.25) is 4.79 Å².